The number of rotatable bonds is 8. The van der Waals surface area contributed by atoms with Crippen molar-refractivity contribution in [3.63, 3.8) is 0 Å². The molecule has 124 valence electrons. The number of benzene rings is 1. The normalized spacial score (nSPS) is 17.6. The Morgan fingerprint density at radius 1 is 1.27 bits per heavy atom. The van der Waals surface area contributed by atoms with Crippen molar-refractivity contribution in [2.45, 2.75) is 50.9 Å². The van der Waals surface area contributed by atoms with E-state index in [9.17, 15) is 5.11 Å². The lowest BCUT2D eigenvalue weighted by atomic mass is 9.94. The first kappa shape index (κ1) is 17.3. The maximum Gasteiger partial charge on any atom is 0.119 e. The highest BCUT2D eigenvalue weighted by atomic mass is 16.5. The molecule has 0 amide bonds. The van der Waals surface area contributed by atoms with Gasteiger partial charge in [-0.15, -0.1) is 0 Å². The Balaban J connectivity index is 1.67. The van der Waals surface area contributed by atoms with Crippen LogP contribution in [0.25, 0.3) is 0 Å². The van der Waals surface area contributed by atoms with E-state index in [0.29, 0.717) is 25.8 Å². The number of aliphatic hydroxyl groups excluding tert-OH is 1. The predicted molar refractivity (Wildman–Crippen MR) is 88.2 cm³/mol. The third-order valence-electron chi connectivity index (χ3n) is 4.41. The smallest absolute Gasteiger partial charge is 0.119 e. The molecule has 1 unspecified atom stereocenters. The fourth-order valence-electron chi connectivity index (χ4n) is 3.13. The zero-order valence-electron chi connectivity index (χ0n) is 13.8. The molecule has 0 bridgehead atoms. The van der Waals surface area contributed by atoms with Crippen molar-refractivity contribution < 1.29 is 14.6 Å². The molecule has 0 aromatic heterocycles. The van der Waals surface area contributed by atoms with Crippen molar-refractivity contribution in [3.8, 4) is 5.75 Å². The van der Waals surface area contributed by atoms with Gasteiger partial charge < -0.3 is 19.5 Å². The van der Waals surface area contributed by atoms with Crippen LogP contribution in [-0.4, -0.2) is 49.5 Å². The van der Waals surface area contributed by atoms with Crippen molar-refractivity contribution in [2.75, 3.05) is 27.3 Å². The van der Waals surface area contributed by atoms with Crippen LogP contribution in [0.15, 0.2) is 24.3 Å². The number of likely N-dealkylation sites (N-methyl/N-ethyl adjacent to an activating group) is 1. The van der Waals surface area contributed by atoms with Crippen molar-refractivity contribution in [3.05, 3.63) is 29.8 Å². The third kappa shape index (κ3) is 5.59. The summed E-state index contributed by atoms with van der Waals surface area (Å²) in [5.41, 5.74) is 1.06. The fourth-order valence-corrected chi connectivity index (χ4v) is 3.13. The van der Waals surface area contributed by atoms with Crippen molar-refractivity contribution in [1.82, 2.24) is 4.90 Å². The summed E-state index contributed by atoms with van der Waals surface area (Å²) >= 11 is 0. The molecule has 1 N–H and O–H groups in total. The van der Waals surface area contributed by atoms with E-state index < -0.39 is 6.10 Å². The lowest BCUT2D eigenvalue weighted by Crippen LogP contribution is -2.40. The summed E-state index contributed by atoms with van der Waals surface area (Å²) in [6, 6.07) is 8.45. The van der Waals surface area contributed by atoms with Crippen LogP contribution in [0.3, 0.4) is 0 Å². The molecule has 0 spiro atoms. The number of methoxy groups -OCH3 is 1. The molecule has 4 heteroatoms. The highest BCUT2D eigenvalue weighted by Crippen LogP contribution is 2.21. The van der Waals surface area contributed by atoms with Crippen LogP contribution >= 0.6 is 0 Å². The average Bonchev–Trinajstić information content (AvgIpc) is 2.56. The monoisotopic (exact) mass is 307 g/mol. The number of aliphatic hydroxyl groups is 1. The van der Waals surface area contributed by atoms with Crippen LogP contribution in [0.4, 0.5) is 0 Å². The minimum atomic E-state index is -0.433. The van der Waals surface area contributed by atoms with E-state index in [1.54, 1.807) is 7.11 Å². The van der Waals surface area contributed by atoms with Gasteiger partial charge in [0, 0.05) is 12.6 Å². The third-order valence-corrected chi connectivity index (χ3v) is 4.41. The second kappa shape index (κ2) is 9.13. The molecule has 1 atom stereocenters. The molecule has 0 aliphatic heterocycles. The Kier molecular flexibility index (Phi) is 7.16. The quantitative estimate of drug-likeness (QED) is 0.802. The standard InChI is InChI=1S/C18H29NO3/c1-19(16-8-4-3-5-9-16)12-17(20)14-22-13-15-7-6-10-18(11-15)21-2/h6-7,10-11,16-17,20H,3-5,8-9,12-14H2,1-2H3. The Bertz CT molecular complexity index is 432. The summed E-state index contributed by atoms with van der Waals surface area (Å²) in [6.07, 6.45) is 6.07. The molecular weight excluding hydrogens is 278 g/mol. The summed E-state index contributed by atoms with van der Waals surface area (Å²) < 4.78 is 10.8. The Labute approximate surface area is 134 Å². The first-order chi connectivity index (χ1) is 10.7. The number of hydrogen-bond acceptors (Lipinski definition) is 4. The fraction of sp³-hybridized carbons (Fsp3) is 0.667. The van der Waals surface area contributed by atoms with E-state index in [-0.39, 0.29) is 0 Å². The van der Waals surface area contributed by atoms with Crippen molar-refractivity contribution in [1.29, 1.82) is 0 Å². The molecule has 1 fully saturated rings. The maximum atomic E-state index is 10.1. The molecule has 4 nitrogen and oxygen atoms in total. The SMILES string of the molecule is COc1cccc(COCC(O)CN(C)C2CCCCC2)c1. The van der Waals surface area contributed by atoms with Gasteiger partial charge in [-0.25, -0.2) is 0 Å². The first-order valence-electron chi connectivity index (χ1n) is 8.28. The van der Waals surface area contributed by atoms with Gasteiger partial charge in [-0.1, -0.05) is 31.4 Å². The van der Waals surface area contributed by atoms with Crippen molar-refractivity contribution in [2.24, 2.45) is 0 Å². The second-order valence-corrected chi connectivity index (χ2v) is 6.25. The summed E-state index contributed by atoms with van der Waals surface area (Å²) in [5, 5.41) is 10.1. The van der Waals surface area contributed by atoms with E-state index in [2.05, 4.69) is 11.9 Å². The minimum Gasteiger partial charge on any atom is -0.497 e. The molecule has 0 heterocycles. The molecule has 1 saturated carbocycles. The zero-order chi connectivity index (χ0) is 15.8. The maximum absolute atomic E-state index is 10.1. The molecule has 1 aliphatic carbocycles. The van der Waals surface area contributed by atoms with Crippen LogP contribution in [0.2, 0.25) is 0 Å². The van der Waals surface area contributed by atoms with Crippen LogP contribution in [0.5, 0.6) is 5.75 Å². The number of hydrogen-bond donors (Lipinski definition) is 1. The van der Waals surface area contributed by atoms with Gasteiger partial charge in [0.2, 0.25) is 0 Å². The van der Waals surface area contributed by atoms with Gasteiger partial charge in [-0.2, -0.15) is 0 Å². The van der Waals surface area contributed by atoms with Gasteiger partial charge in [0.1, 0.15) is 5.75 Å². The second-order valence-electron chi connectivity index (χ2n) is 6.25. The first-order valence-corrected chi connectivity index (χ1v) is 8.28. The summed E-state index contributed by atoms with van der Waals surface area (Å²) in [4.78, 5) is 2.29. The van der Waals surface area contributed by atoms with Crippen molar-refractivity contribution >= 4 is 0 Å². The summed E-state index contributed by atoms with van der Waals surface area (Å²) in [7, 11) is 3.77. The van der Waals surface area contributed by atoms with Gasteiger partial charge in [-0.3, -0.25) is 0 Å². The van der Waals surface area contributed by atoms with Gasteiger partial charge >= 0.3 is 0 Å². The van der Waals surface area contributed by atoms with Crippen LogP contribution < -0.4 is 4.74 Å². The van der Waals surface area contributed by atoms with Gasteiger partial charge in [0.25, 0.3) is 0 Å². The molecule has 1 aromatic carbocycles. The van der Waals surface area contributed by atoms with E-state index in [1.807, 2.05) is 24.3 Å². The van der Waals surface area contributed by atoms with Gasteiger partial charge in [0.05, 0.1) is 26.4 Å². The number of ether oxygens (including phenoxy) is 2. The average molecular weight is 307 g/mol. The Hall–Kier alpha value is -1.10. The van der Waals surface area contributed by atoms with Gasteiger partial charge in [-0.05, 0) is 37.6 Å². The largest absolute Gasteiger partial charge is 0.497 e. The Morgan fingerprint density at radius 3 is 2.77 bits per heavy atom. The molecular formula is C18H29NO3. The van der Waals surface area contributed by atoms with E-state index in [4.69, 9.17) is 9.47 Å². The molecule has 0 saturated heterocycles. The molecule has 1 aromatic rings. The minimum absolute atomic E-state index is 0.369. The van der Waals surface area contributed by atoms with E-state index in [0.717, 1.165) is 11.3 Å². The van der Waals surface area contributed by atoms with E-state index >= 15 is 0 Å². The van der Waals surface area contributed by atoms with Crippen LogP contribution in [0.1, 0.15) is 37.7 Å². The lowest BCUT2D eigenvalue weighted by molar-refractivity contribution is 0.00485. The predicted octanol–water partition coefficient (Wildman–Crippen LogP) is 2.84. The van der Waals surface area contributed by atoms with E-state index in [1.165, 1.54) is 32.1 Å². The topological polar surface area (TPSA) is 41.9 Å². The molecule has 22 heavy (non-hydrogen) atoms. The summed E-state index contributed by atoms with van der Waals surface area (Å²) in [5.74, 6) is 0.832. The zero-order valence-corrected chi connectivity index (χ0v) is 13.8. The van der Waals surface area contributed by atoms with Crippen LogP contribution in [0, 0.1) is 0 Å². The summed E-state index contributed by atoms with van der Waals surface area (Å²) in [6.45, 7) is 1.55. The molecule has 2 rings (SSSR count). The lowest BCUT2D eigenvalue weighted by Gasteiger charge is -2.32. The van der Waals surface area contributed by atoms with Crippen LogP contribution in [-0.2, 0) is 11.3 Å². The van der Waals surface area contributed by atoms with Gasteiger partial charge in [0.15, 0.2) is 0 Å². The molecule has 0 radical (unpaired) electrons. The number of nitrogens with zero attached hydrogens (tertiary/aromatic N) is 1. The molecule has 1 aliphatic rings. The highest BCUT2D eigenvalue weighted by molar-refractivity contribution is 5.27. The Morgan fingerprint density at radius 2 is 2.05 bits per heavy atom. The highest BCUT2D eigenvalue weighted by Gasteiger charge is 2.20.